The van der Waals surface area contributed by atoms with Gasteiger partial charge in [-0.3, -0.25) is 9.59 Å². The molecule has 1 heterocycles. The van der Waals surface area contributed by atoms with Crippen molar-refractivity contribution in [3.63, 3.8) is 0 Å². The molecule has 0 aromatic heterocycles. The molecular weight excluding hydrogens is 258 g/mol. The van der Waals surface area contributed by atoms with Crippen LogP contribution in [0.4, 0.5) is 5.69 Å². The Morgan fingerprint density at radius 1 is 1.40 bits per heavy atom. The third-order valence-corrected chi connectivity index (χ3v) is 3.26. The van der Waals surface area contributed by atoms with E-state index in [1.54, 1.807) is 11.0 Å². The molecule has 1 atom stereocenters. The molecule has 0 saturated carbocycles. The number of carbonyl (C=O) groups is 2. The summed E-state index contributed by atoms with van der Waals surface area (Å²) < 4.78 is 5.52. The van der Waals surface area contributed by atoms with E-state index in [1.807, 2.05) is 18.2 Å². The Morgan fingerprint density at radius 3 is 2.75 bits per heavy atom. The maximum atomic E-state index is 12.4. The molecule has 0 fully saturated rings. The summed E-state index contributed by atoms with van der Waals surface area (Å²) in [5, 5.41) is 8.89. The van der Waals surface area contributed by atoms with Gasteiger partial charge in [-0.05, 0) is 24.5 Å². The van der Waals surface area contributed by atoms with Crippen molar-refractivity contribution in [3.05, 3.63) is 24.3 Å². The highest BCUT2D eigenvalue weighted by Crippen LogP contribution is 2.34. The van der Waals surface area contributed by atoms with E-state index in [1.165, 1.54) is 0 Å². The minimum Gasteiger partial charge on any atom is -0.481 e. The maximum absolute atomic E-state index is 12.4. The molecule has 1 N–H and O–H groups in total. The highest BCUT2D eigenvalue weighted by atomic mass is 16.5. The highest BCUT2D eigenvalue weighted by Gasteiger charge is 2.35. The zero-order valence-corrected chi connectivity index (χ0v) is 11.7. The molecule has 2 rings (SSSR count). The Hall–Kier alpha value is -2.04. The molecule has 0 bridgehead atoms. The first-order valence-electron chi connectivity index (χ1n) is 6.78. The van der Waals surface area contributed by atoms with Gasteiger partial charge in [-0.2, -0.15) is 0 Å². The summed E-state index contributed by atoms with van der Waals surface area (Å²) in [6.45, 7) is 4.75. The largest absolute Gasteiger partial charge is 0.481 e. The van der Waals surface area contributed by atoms with E-state index in [-0.39, 0.29) is 12.3 Å². The number of carboxylic acids is 1. The van der Waals surface area contributed by atoms with Crippen molar-refractivity contribution in [2.24, 2.45) is 5.92 Å². The van der Waals surface area contributed by atoms with Gasteiger partial charge < -0.3 is 14.7 Å². The fourth-order valence-electron chi connectivity index (χ4n) is 2.18. The summed E-state index contributed by atoms with van der Waals surface area (Å²) in [7, 11) is 0. The summed E-state index contributed by atoms with van der Waals surface area (Å²) in [5.74, 6) is -0.267. The van der Waals surface area contributed by atoms with Gasteiger partial charge in [-0.1, -0.05) is 26.0 Å². The fourth-order valence-corrected chi connectivity index (χ4v) is 2.18. The van der Waals surface area contributed by atoms with Gasteiger partial charge in [0.15, 0.2) is 6.10 Å². The van der Waals surface area contributed by atoms with E-state index in [0.29, 0.717) is 18.2 Å². The van der Waals surface area contributed by atoms with E-state index < -0.39 is 12.1 Å². The van der Waals surface area contributed by atoms with Crippen molar-refractivity contribution in [1.82, 2.24) is 0 Å². The third-order valence-electron chi connectivity index (χ3n) is 3.26. The normalized spacial score (nSPS) is 17.9. The Balaban J connectivity index is 2.26. The second kappa shape index (κ2) is 5.94. The molecule has 0 saturated heterocycles. The van der Waals surface area contributed by atoms with Gasteiger partial charge >= 0.3 is 5.97 Å². The van der Waals surface area contributed by atoms with Gasteiger partial charge in [0.2, 0.25) is 0 Å². The molecule has 0 radical (unpaired) electrons. The van der Waals surface area contributed by atoms with Crippen LogP contribution in [0.25, 0.3) is 0 Å². The number of carboxylic acid groups (broad SMARTS) is 1. The summed E-state index contributed by atoms with van der Waals surface area (Å²) >= 11 is 0. The third kappa shape index (κ3) is 3.10. The minimum atomic E-state index is -1.04. The number of nitrogens with zero attached hydrogens (tertiary/aromatic N) is 1. The Morgan fingerprint density at radius 2 is 2.10 bits per heavy atom. The molecule has 5 nitrogen and oxygen atoms in total. The lowest BCUT2D eigenvalue weighted by molar-refractivity contribution is -0.142. The number of para-hydroxylation sites is 2. The lowest BCUT2D eigenvalue weighted by Gasteiger charge is -2.34. The number of ether oxygens (including phenoxy) is 1. The molecule has 1 aliphatic rings. The predicted octanol–water partition coefficient (Wildman–Crippen LogP) is 2.30. The van der Waals surface area contributed by atoms with Gasteiger partial charge in [-0.25, -0.2) is 0 Å². The smallest absolute Gasteiger partial charge is 0.307 e. The van der Waals surface area contributed by atoms with E-state index in [9.17, 15) is 9.59 Å². The van der Waals surface area contributed by atoms with Crippen LogP contribution in [0.1, 0.15) is 26.7 Å². The number of anilines is 1. The number of amides is 1. The topological polar surface area (TPSA) is 66.8 Å². The molecule has 0 spiro atoms. The monoisotopic (exact) mass is 277 g/mol. The van der Waals surface area contributed by atoms with Crippen LogP contribution in [0, 0.1) is 5.92 Å². The maximum Gasteiger partial charge on any atom is 0.307 e. The molecule has 1 unspecified atom stereocenters. The number of hydrogen-bond donors (Lipinski definition) is 1. The van der Waals surface area contributed by atoms with Crippen LogP contribution < -0.4 is 9.64 Å². The van der Waals surface area contributed by atoms with Crippen molar-refractivity contribution < 1.29 is 19.4 Å². The number of benzene rings is 1. The number of rotatable bonds is 5. The zero-order chi connectivity index (χ0) is 14.7. The summed E-state index contributed by atoms with van der Waals surface area (Å²) in [5.41, 5.74) is 0.722. The molecule has 5 heteroatoms. The Bertz CT molecular complexity index is 512. The van der Waals surface area contributed by atoms with E-state index >= 15 is 0 Å². The van der Waals surface area contributed by atoms with Crippen LogP contribution in [-0.4, -0.2) is 29.6 Å². The average molecular weight is 277 g/mol. The number of aliphatic carboxylic acids is 1. The average Bonchev–Trinajstić information content (AvgIpc) is 2.38. The lowest BCUT2D eigenvalue weighted by atomic mass is 10.1. The first-order valence-corrected chi connectivity index (χ1v) is 6.78. The van der Waals surface area contributed by atoms with E-state index in [0.717, 1.165) is 12.1 Å². The summed E-state index contributed by atoms with van der Waals surface area (Å²) in [4.78, 5) is 24.9. The van der Waals surface area contributed by atoms with Gasteiger partial charge in [0.1, 0.15) is 5.75 Å². The van der Waals surface area contributed by atoms with Gasteiger partial charge in [0.05, 0.1) is 12.1 Å². The van der Waals surface area contributed by atoms with Crippen LogP contribution in [0.15, 0.2) is 24.3 Å². The molecule has 1 aromatic rings. The molecule has 1 amide bonds. The molecule has 0 aliphatic carbocycles. The standard InChI is InChI=1S/C15H19NO4/c1-10(2)7-8-16-11-5-3-4-6-12(11)20-13(15(16)19)9-14(17)18/h3-6,10,13H,7-9H2,1-2H3,(H,17,18). The Labute approximate surface area is 118 Å². The lowest BCUT2D eigenvalue weighted by Crippen LogP contribution is -2.47. The first kappa shape index (κ1) is 14.4. The number of carbonyl (C=O) groups excluding carboxylic acids is 1. The Kier molecular flexibility index (Phi) is 4.27. The quantitative estimate of drug-likeness (QED) is 0.896. The van der Waals surface area contributed by atoms with Crippen molar-refractivity contribution in [2.75, 3.05) is 11.4 Å². The van der Waals surface area contributed by atoms with Crippen LogP contribution in [0.5, 0.6) is 5.75 Å². The minimum absolute atomic E-state index is 0.272. The molecule has 1 aliphatic heterocycles. The number of hydrogen-bond acceptors (Lipinski definition) is 3. The summed E-state index contributed by atoms with van der Waals surface area (Å²) in [6, 6.07) is 7.24. The van der Waals surface area contributed by atoms with Crippen LogP contribution in [-0.2, 0) is 9.59 Å². The van der Waals surface area contributed by atoms with Gasteiger partial charge in [0, 0.05) is 6.54 Å². The predicted molar refractivity (Wildman–Crippen MR) is 74.9 cm³/mol. The van der Waals surface area contributed by atoms with Gasteiger partial charge in [-0.15, -0.1) is 0 Å². The van der Waals surface area contributed by atoms with Crippen LogP contribution in [0.3, 0.4) is 0 Å². The molecular formula is C15H19NO4. The van der Waals surface area contributed by atoms with Crippen LogP contribution in [0.2, 0.25) is 0 Å². The molecule has 108 valence electrons. The second-order valence-corrected chi connectivity index (χ2v) is 5.34. The highest BCUT2D eigenvalue weighted by molar-refractivity contribution is 6.01. The van der Waals surface area contributed by atoms with Crippen LogP contribution >= 0.6 is 0 Å². The number of fused-ring (bicyclic) bond motifs is 1. The van der Waals surface area contributed by atoms with E-state index in [4.69, 9.17) is 9.84 Å². The zero-order valence-electron chi connectivity index (χ0n) is 11.7. The van der Waals surface area contributed by atoms with Gasteiger partial charge in [0.25, 0.3) is 5.91 Å². The van der Waals surface area contributed by atoms with Crippen molar-refractivity contribution >= 4 is 17.6 Å². The summed E-state index contributed by atoms with van der Waals surface area (Å²) in [6.07, 6.45) is -0.389. The SMILES string of the molecule is CC(C)CCN1C(=O)C(CC(=O)O)Oc2ccccc21. The van der Waals surface area contributed by atoms with Crippen molar-refractivity contribution in [2.45, 2.75) is 32.8 Å². The van der Waals surface area contributed by atoms with Crippen molar-refractivity contribution in [3.8, 4) is 5.75 Å². The fraction of sp³-hybridized carbons (Fsp3) is 0.467. The molecule has 20 heavy (non-hydrogen) atoms. The van der Waals surface area contributed by atoms with E-state index in [2.05, 4.69) is 13.8 Å². The van der Waals surface area contributed by atoms with Crippen molar-refractivity contribution in [1.29, 1.82) is 0 Å². The second-order valence-electron chi connectivity index (χ2n) is 5.34. The molecule has 1 aromatic carbocycles. The first-order chi connectivity index (χ1) is 9.49.